The molecule has 1 aromatic heterocycles. The molecule has 1 rings (SSSR count). The van der Waals surface area contributed by atoms with Crippen molar-refractivity contribution in [2.45, 2.75) is 19.9 Å². The molecule has 0 aliphatic carbocycles. The molecule has 0 aliphatic rings. The molecule has 1 aromatic rings. The summed E-state index contributed by atoms with van der Waals surface area (Å²) in [5, 5.41) is 10.1. The van der Waals surface area contributed by atoms with Crippen molar-refractivity contribution in [1.29, 1.82) is 0 Å². The molecule has 0 radical (unpaired) electrons. The van der Waals surface area contributed by atoms with Crippen LogP contribution < -0.4 is 10.9 Å². The summed E-state index contributed by atoms with van der Waals surface area (Å²) >= 11 is 0. The lowest BCUT2D eigenvalue weighted by molar-refractivity contribution is 0.567. The predicted octanol–water partition coefficient (Wildman–Crippen LogP) is 0.0323. The van der Waals surface area contributed by atoms with Gasteiger partial charge in [-0.15, -0.1) is 10.2 Å². The Hall–Kier alpha value is -1.17. The molecule has 11 heavy (non-hydrogen) atoms. The van der Waals surface area contributed by atoms with Crippen molar-refractivity contribution in [3.63, 3.8) is 0 Å². The molecule has 62 valence electrons. The van der Waals surface area contributed by atoms with Crippen LogP contribution in [0.15, 0.2) is 0 Å². The van der Waals surface area contributed by atoms with Gasteiger partial charge in [-0.05, 0) is 13.8 Å². The number of aromatic amines is 1. The van der Waals surface area contributed by atoms with Crippen molar-refractivity contribution in [2.75, 3.05) is 5.01 Å². The fraction of sp³-hybridized carbons (Fsp3) is 0.600. The maximum absolute atomic E-state index is 12.6. The van der Waals surface area contributed by atoms with E-state index in [9.17, 15) is 4.39 Å². The molecule has 5 nitrogen and oxygen atoms in total. The summed E-state index contributed by atoms with van der Waals surface area (Å²) in [6.45, 7) is 3.66. The van der Waals surface area contributed by atoms with Gasteiger partial charge in [0.05, 0.1) is 0 Å². The van der Waals surface area contributed by atoms with Crippen molar-refractivity contribution < 1.29 is 4.39 Å². The quantitative estimate of drug-likeness (QED) is 0.472. The minimum atomic E-state index is -0.679. The number of nitrogens with zero attached hydrogens (tertiary/aromatic N) is 3. The first kappa shape index (κ1) is 7.93. The lowest BCUT2D eigenvalue weighted by Gasteiger charge is -2.18. The minimum Gasteiger partial charge on any atom is -0.287 e. The monoisotopic (exact) mass is 159 g/mol. The van der Waals surface area contributed by atoms with Gasteiger partial charge in [0.15, 0.2) is 0 Å². The predicted molar refractivity (Wildman–Crippen MR) is 38.1 cm³/mol. The highest BCUT2D eigenvalue weighted by Crippen LogP contribution is 2.10. The van der Waals surface area contributed by atoms with E-state index < -0.39 is 5.95 Å². The summed E-state index contributed by atoms with van der Waals surface area (Å²) in [5.74, 6) is 4.82. The van der Waals surface area contributed by atoms with Gasteiger partial charge < -0.3 is 0 Å². The fourth-order valence-electron chi connectivity index (χ4n) is 0.621. The van der Waals surface area contributed by atoms with E-state index in [-0.39, 0.29) is 11.9 Å². The zero-order valence-corrected chi connectivity index (χ0v) is 6.37. The molecule has 0 fully saturated rings. The molecule has 0 spiro atoms. The van der Waals surface area contributed by atoms with Gasteiger partial charge in [0.25, 0.3) is 5.95 Å². The summed E-state index contributed by atoms with van der Waals surface area (Å²) in [6.07, 6.45) is 0. The van der Waals surface area contributed by atoms with Gasteiger partial charge in [-0.25, -0.2) is 5.84 Å². The topological polar surface area (TPSA) is 70.8 Å². The van der Waals surface area contributed by atoms with Crippen molar-refractivity contribution >= 4 is 5.82 Å². The van der Waals surface area contributed by atoms with E-state index in [1.807, 2.05) is 13.8 Å². The second kappa shape index (κ2) is 2.83. The number of aromatic nitrogens is 3. The number of hydrogen-bond acceptors (Lipinski definition) is 4. The van der Waals surface area contributed by atoms with E-state index in [4.69, 9.17) is 5.84 Å². The molecule has 6 heteroatoms. The molecular formula is C5H10FN5. The van der Waals surface area contributed by atoms with E-state index >= 15 is 0 Å². The molecule has 0 saturated heterocycles. The van der Waals surface area contributed by atoms with Crippen LogP contribution >= 0.6 is 0 Å². The Balaban J connectivity index is 2.84. The average Bonchev–Trinajstić information content (AvgIpc) is 2.33. The highest BCUT2D eigenvalue weighted by atomic mass is 19.1. The summed E-state index contributed by atoms with van der Waals surface area (Å²) < 4.78 is 12.6. The van der Waals surface area contributed by atoms with E-state index in [2.05, 4.69) is 15.4 Å². The average molecular weight is 159 g/mol. The van der Waals surface area contributed by atoms with Gasteiger partial charge in [-0.2, -0.15) is 9.60 Å². The molecule has 0 atom stereocenters. The first-order valence-electron chi connectivity index (χ1n) is 3.23. The van der Waals surface area contributed by atoms with Crippen molar-refractivity contribution in [1.82, 2.24) is 15.4 Å². The fourth-order valence-corrected chi connectivity index (χ4v) is 0.621. The number of H-pyrrole nitrogens is 1. The van der Waals surface area contributed by atoms with Crippen LogP contribution in [0.25, 0.3) is 0 Å². The Kier molecular flexibility index (Phi) is 2.04. The van der Waals surface area contributed by atoms with Crippen LogP contribution in [0.2, 0.25) is 0 Å². The minimum absolute atomic E-state index is 0.00500. The molecule has 0 amide bonds. The van der Waals surface area contributed by atoms with Crippen LogP contribution in [0.4, 0.5) is 10.2 Å². The normalized spacial score (nSPS) is 10.6. The zero-order valence-electron chi connectivity index (χ0n) is 6.37. The van der Waals surface area contributed by atoms with E-state index in [1.165, 1.54) is 5.01 Å². The van der Waals surface area contributed by atoms with Gasteiger partial charge in [0, 0.05) is 6.04 Å². The van der Waals surface area contributed by atoms with Crippen LogP contribution in [0.5, 0.6) is 0 Å². The number of halogens is 1. The van der Waals surface area contributed by atoms with Gasteiger partial charge in [0.1, 0.15) is 0 Å². The molecule has 0 aromatic carbocycles. The third-order valence-corrected chi connectivity index (χ3v) is 1.29. The third kappa shape index (κ3) is 1.45. The number of hydrazine groups is 1. The van der Waals surface area contributed by atoms with Gasteiger partial charge in [0.2, 0.25) is 5.82 Å². The van der Waals surface area contributed by atoms with Crippen LogP contribution in [-0.4, -0.2) is 21.5 Å². The van der Waals surface area contributed by atoms with Crippen LogP contribution in [0, 0.1) is 5.95 Å². The molecule has 0 aliphatic heterocycles. The van der Waals surface area contributed by atoms with Crippen LogP contribution in [0.3, 0.4) is 0 Å². The maximum atomic E-state index is 12.6. The Morgan fingerprint density at radius 1 is 1.55 bits per heavy atom. The number of nitrogens with one attached hydrogen (secondary N) is 1. The smallest absolute Gasteiger partial charge is 0.277 e. The van der Waals surface area contributed by atoms with Crippen molar-refractivity contribution in [3.8, 4) is 0 Å². The number of hydrogen-bond donors (Lipinski definition) is 2. The highest BCUT2D eigenvalue weighted by molar-refractivity contribution is 5.34. The number of anilines is 1. The lowest BCUT2D eigenvalue weighted by Crippen LogP contribution is -2.38. The first-order chi connectivity index (χ1) is 5.13. The second-order valence-electron chi connectivity index (χ2n) is 2.44. The summed E-state index contributed by atoms with van der Waals surface area (Å²) in [6, 6.07) is -0.00500. The van der Waals surface area contributed by atoms with Crippen LogP contribution in [-0.2, 0) is 0 Å². The Morgan fingerprint density at radius 3 is 2.55 bits per heavy atom. The number of nitrogens with two attached hydrogens (primary N) is 1. The van der Waals surface area contributed by atoms with Gasteiger partial charge in [-0.3, -0.25) is 5.01 Å². The highest BCUT2D eigenvalue weighted by Gasteiger charge is 2.14. The molecule has 0 unspecified atom stereocenters. The second-order valence-corrected chi connectivity index (χ2v) is 2.44. The Morgan fingerprint density at radius 2 is 2.18 bits per heavy atom. The van der Waals surface area contributed by atoms with Crippen LogP contribution in [0.1, 0.15) is 13.8 Å². The standard InChI is InChI=1S/C5H10FN5/c1-3(2)11(7)5-4(6)8-10-9-5/h3H,7H2,1-2H3,(H,8,9,10). The van der Waals surface area contributed by atoms with Crippen molar-refractivity contribution in [2.24, 2.45) is 5.84 Å². The largest absolute Gasteiger partial charge is 0.287 e. The van der Waals surface area contributed by atoms with Crippen molar-refractivity contribution in [3.05, 3.63) is 5.95 Å². The maximum Gasteiger partial charge on any atom is 0.277 e. The third-order valence-electron chi connectivity index (χ3n) is 1.29. The van der Waals surface area contributed by atoms with Gasteiger partial charge >= 0.3 is 0 Å². The molecule has 0 bridgehead atoms. The van der Waals surface area contributed by atoms with E-state index in [0.29, 0.717) is 0 Å². The van der Waals surface area contributed by atoms with E-state index in [1.54, 1.807) is 0 Å². The summed E-state index contributed by atoms with van der Waals surface area (Å²) in [4.78, 5) is 0. The Bertz CT molecular complexity index is 233. The van der Waals surface area contributed by atoms with Gasteiger partial charge in [-0.1, -0.05) is 0 Å². The van der Waals surface area contributed by atoms with E-state index in [0.717, 1.165) is 0 Å². The summed E-state index contributed by atoms with van der Waals surface area (Å²) in [5.41, 5.74) is 0. The summed E-state index contributed by atoms with van der Waals surface area (Å²) in [7, 11) is 0. The Labute approximate surface area is 63.3 Å². The molecule has 1 heterocycles. The first-order valence-corrected chi connectivity index (χ1v) is 3.23. The molecular weight excluding hydrogens is 149 g/mol. The zero-order chi connectivity index (χ0) is 8.43. The molecule has 3 N–H and O–H groups in total. The lowest BCUT2D eigenvalue weighted by atomic mass is 10.4. The SMILES string of the molecule is CC(C)N(N)c1n[nH]nc1F. The number of rotatable bonds is 2. The molecule has 0 saturated carbocycles.